The Balaban J connectivity index is 1.79. The van der Waals surface area contributed by atoms with E-state index in [0.717, 1.165) is 33.2 Å². The van der Waals surface area contributed by atoms with E-state index in [1.54, 1.807) is 6.20 Å². The van der Waals surface area contributed by atoms with Gasteiger partial charge in [-0.1, -0.05) is 48.4 Å². The van der Waals surface area contributed by atoms with Gasteiger partial charge < -0.3 is 66.0 Å². The third-order valence-corrected chi connectivity index (χ3v) is 13.4. The van der Waals surface area contributed by atoms with Crippen molar-refractivity contribution in [2.75, 3.05) is 19.6 Å². The zero-order valence-electron chi connectivity index (χ0n) is 43.9. The number of nitrogens with zero attached hydrogens (tertiary/aromatic N) is 2. The lowest BCUT2D eigenvalue weighted by Crippen LogP contribution is -2.58. The van der Waals surface area contributed by atoms with Gasteiger partial charge in [-0.05, 0) is 107 Å². The molecule has 0 saturated carbocycles. The first kappa shape index (κ1) is 60.9. The molecule has 1 aromatic heterocycles. The zero-order chi connectivity index (χ0) is 55.9. The van der Waals surface area contributed by atoms with E-state index in [0.29, 0.717) is 0 Å². The highest BCUT2D eigenvalue weighted by atomic mass is 16.2. The number of carbonyl (C=O) groups excluding carboxylic acids is 9. The van der Waals surface area contributed by atoms with Crippen LogP contribution in [-0.2, 0) is 56.0 Å². The van der Waals surface area contributed by atoms with Crippen molar-refractivity contribution in [3.05, 3.63) is 70.9 Å². The van der Waals surface area contributed by atoms with Crippen molar-refractivity contribution < 1.29 is 43.2 Å². The van der Waals surface area contributed by atoms with Gasteiger partial charge in [0, 0.05) is 74.6 Å². The van der Waals surface area contributed by atoms with E-state index in [9.17, 15) is 43.2 Å². The summed E-state index contributed by atoms with van der Waals surface area (Å²) < 4.78 is 0. The summed E-state index contributed by atoms with van der Waals surface area (Å²) in [6.07, 6.45) is 1.87. The molecule has 0 unspecified atom stereocenters. The van der Waals surface area contributed by atoms with E-state index in [1.807, 2.05) is 56.3 Å². The molecule has 6 amide bonds. The van der Waals surface area contributed by atoms with Gasteiger partial charge in [0.2, 0.25) is 35.4 Å². The maximum atomic E-state index is 14.9. The van der Waals surface area contributed by atoms with Crippen LogP contribution in [0.2, 0.25) is 0 Å². The number of primary amides is 1. The van der Waals surface area contributed by atoms with Crippen LogP contribution in [0.15, 0.2) is 58.6 Å². The van der Waals surface area contributed by atoms with Gasteiger partial charge in [-0.3, -0.25) is 53.1 Å². The summed E-state index contributed by atoms with van der Waals surface area (Å²) >= 11 is 0. The summed E-state index contributed by atoms with van der Waals surface area (Å²) in [7, 11) is 0. The molecule has 414 valence electrons. The minimum absolute atomic E-state index is 0.00261. The van der Waals surface area contributed by atoms with Gasteiger partial charge in [-0.25, -0.2) is 0 Å². The monoisotopic (exact) mass is 1050 g/mol. The first-order chi connectivity index (χ1) is 36.1. The highest BCUT2D eigenvalue weighted by Crippen LogP contribution is 2.27. The van der Waals surface area contributed by atoms with E-state index in [4.69, 9.17) is 34.4 Å². The van der Waals surface area contributed by atoms with Crippen molar-refractivity contribution in [3.63, 3.8) is 0 Å². The van der Waals surface area contributed by atoms with E-state index in [1.165, 1.54) is 6.92 Å². The fourth-order valence-corrected chi connectivity index (χ4v) is 9.30. The molecule has 23 heteroatoms. The van der Waals surface area contributed by atoms with Gasteiger partial charge in [-0.15, -0.1) is 0 Å². The number of hydrogen-bond acceptors (Lipinski definition) is 12. The number of amides is 6. The number of guanidine groups is 2. The van der Waals surface area contributed by atoms with Gasteiger partial charge in [-0.2, -0.15) is 0 Å². The van der Waals surface area contributed by atoms with Crippen LogP contribution < -0.4 is 61.0 Å². The van der Waals surface area contributed by atoms with E-state index in [-0.39, 0.29) is 134 Å². The SMILES string of the molecule is CC(=O)N[C@@H](CCCN=C(N)N)C(=O)N[C@H]1CCC(=O)CCCC[C@@H](C(N)=O)NC(=O)[C@H](Cc2c[nH]c3ccccc23)CC(=O)[C@H](CCCN=C(N)N)CC(=O)[C@@H](Cc2ccc(C)cc2C)NC(=O)[C@H](CCN)NC1=O. The third-order valence-electron chi connectivity index (χ3n) is 13.4. The number of benzene rings is 2. The lowest BCUT2D eigenvalue weighted by Gasteiger charge is -2.27. The molecule has 0 spiro atoms. The second-order valence-corrected chi connectivity index (χ2v) is 19.6. The maximum absolute atomic E-state index is 14.9. The molecule has 4 rings (SSSR count). The highest BCUT2D eigenvalue weighted by Gasteiger charge is 2.35. The molecule has 0 radical (unpaired) electrons. The van der Waals surface area contributed by atoms with Gasteiger partial charge in [0.1, 0.15) is 35.7 Å². The molecule has 2 aromatic carbocycles. The van der Waals surface area contributed by atoms with E-state index in [2.05, 4.69) is 41.6 Å². The van der Waals surface area contributed by atoms with Crippen LogP contribution in [0.4, 0.5) is 0 Å². The predicted octanol–water partition coefficient (Wildman–Crippen LogP) is 0.0292. The maximum Gasteiger partial charge on any atom is 0.243 e. The molecule has 76 heavy (non-hydrogen) atoms. The molecule has 2 heterocycles. The smallest absolute Gasteiger partial charge is 0.243 e. The summed E-state index contributed by atoms with van der Waals surface area (Å²) in [6, 6.07) is 6.75. The molecule has 7 atom stereocenters. The van der Waals surface area contributed by atoms with Gasteiger partial charge >= 0.3 is 0 Å². The van der Waals surface area contributed by atoms with E-state index < -0.39 is 89.1 Å². The standard InChI is InChI=1S/C53H78N14O9/c1-30-16-17-33(31(2)24-30)26-44-46(71)27-34(10-8-22-60-52(56)57)45(70)28-35(25-36-29-62-39-13-7-5-12-38(36)39)48(73)64-40(47(55)72)14-6-4-11-37(69)18-19-42(50(75)66-43(20-21-54)51(76)67-44)65-49(74)41(63-32(3)68)15-9-23-61-53(58)59/h5,7,12-13,16-17,24,29,34-35,40-44,62H,4,6,8-11,14-15,18-23,25-28,54H2,1-3H3,(H2,55,72)(H,63,68)(H,64,73)(H,65,74)(H,66,75)(H,67,76)(H4,56,57,60)(H4,58,59,61)/t34-,35-,40+,41+,42+,43+,44-/m1/s1. The molecule has 3 aromatic rings. The number of para-hydroxylation sites is 1. The minimum atomic E-state index is -1.41. The average Bonchev–Trinajstić information content (AvgIpc) is 3.77. The molecule has 23 nitrogen and oxygen atoms in total. The van der Waals surface area contributed by atoms with Crippen LogP contribution in [0.1, 0.15) is 113 Å². The Hall–Kier alpha value is -7.69. The van der Waals surface area contributed by atoms with Crippen molar-refractivity contribution >= 4 is 75.6 Å². The van der Waals surface area contributed by atoms with Gasteiger partial charge in [0.15, 0.2) is 17.7 Å². The number of aliphatic imine (C=N–C) groups is 2. The molecule has 1 saturated heterocycles. The van der Waals surface area contributed by atoms with Crippen LogP contribution in [-0.4, -0.2) is 120 Å². The average molecular weight is 1060 g/mol. The van der Waals surface area contributed by atoms with Crippen LogP contribution >= 0.6 is 0 Å². The molecular formula is C53H78N14O9. The van der Waals surface area contributed by atoms with E-state index >= 15 is 0 Å². The first-order valence-corrected chi connectivity index (χ1v) is 25.9. The number of nitrogens with one attached hydrogen (secondary N) is 6. The number of Topliss-reactive ketones (excluding diaryl/α,β-unsaturated/α-hetero) is 3. The Kier molecular flexibility index (Phi) is 24.5. The number of hydrogen-bond donors (Lipinski definition) is 12. The van der Waals surface area contributed by atoms with Crippen molar-refractivity contribution in [2.24, 2.45) is 56.2 Å². The Labute approximate surface area is 443 Å². The molecule has 18 N–H and O–H groups in total. The lowest BCUT2D eigenvalue weighted by molar-refractivity contribution is -0.135. The molecule has 1 fully saturated rings. The lowest BCUT2D eigenvalue weighted by atomic mass is 9.83. The number of nitrogens with two attached hydrogens (primary N) is 6. The fourth-order valence-electron chi connectivity index (χ4n) is 9.30. The van der Waals surface area contributed by atoms with Crippen LogP contribution in [0.3, 0.4) is 0 Å². The Morgan fingerprint density at radius 1 is 0.724 bits per heavy atom. The number of H-pyrrole nitrogens is 1. The number of fused-ring (bicyclic) bond motifs is 1. The summed E-state index contributed by atoms with van der Waals surface area (Å²) in [5.74, 6) is -7.98. The number of aromatic amines is 1. The molecule has 1 aliphatic heterocycles. The largest absolute Gasteiger partial charge is 0.370 e. The summed E-state index contributed by atoms with van der Waals surface area (Å²) in [5, 5.41) is 14.3. The Morgan fingerprint density at radius 2 is 1.41 bits per heavy atom. The van der Waals surface area contributed by atoms with Crippen molar-refractivity contribution in [1.82, 2.24) is 31.6 Å². The van der Waals surface area contributed by atoms with Crippen molar-refractivity contribution in [1.29, 1.82) is 0 Å². The third kappa shape index (κ3) is 20.2. The number of aryl methyl sites for hydroxylation is 2. The quantitative estimate of drug-likeness (QED) is 0.0455. The molecule has 0 bridgehead atoms. The van der Waals surface area contributed by atoms with Crippen LogP contribution in [0.5, 0.6) is 0 Å². The Morgan fingerprint density at radius 3 is 2.08 bits per heavy atom. The summed E-state index contributed by atoms with van der Waals surface area (Å²) in [5.41, 5.74) is 38.0. The van der Waals surface area contributed by atoms with Crippen molar-refractivity contribution in [2.45, 2.75) is 147 Å². The normalized spacial score (nSPS) is 21.3. The second kappa shape index (κ2) is 30.6. The first-order valence-electron chi connectivity index (χ1n) is 25.9. The summed E-state index contributed by atoms with van der Waals surface area (Å²) in [6.45, 7) is 5.17. The second-order valence-electron chi connectivity index (χ2n) is 19.6. The number of ketones is 3. The molecule has 1 aliphatic rings. The number of rotatable bonds is 18. The predicted molar refractivity (Wildman–Crippen MR) is 289 cm³/mol. The molecule has 0 aliphatic carbocycles. The minimum Gasteiger partial charge on any atom is -0.370 e. The zero-order valence-corrected chi connectivity index (χ0v) is 43.9. The van der Waals surface area contributed by atoms with Crippen LogP contribution in [0.25, 0.3) is 10.9 Å². The molecular weight excluding hydrogens is 977 g/mol. The highest BCUT2D eigenvalue weighted by molar-refractivity contribution is 5.98. The fraction of sp³-hybridized carbons (Fsp3) is 0.528. The van der Waals surface area contributed by atoms with Gasteiger partial charge in [0.25, 0.3) is 0 Å². The topological polar surface area (TPSA) is 410 Å². The van der Waals surface area contributed by atoms with Gasteiger partial charge in [0.05, 0.1) is 6.04 Å². The Bertz CT molecular complexity index is 2590. The summed E-state index contributed by atoms with van der Waals surface area (Å²) in [4.78, 5) is 137. The van der Waals surface area contributed by atoms with Crippen molar-refractivity contribution in [3.8, 4) is 0 Å². The number of carbonyl (C=O) groups is 9. The van der Waals surface area contributed by atoms with Crippen LogP contribution in [0, 0.1) is 25.7 Å². The number of aromatic nitrogens is 1.